The van der Waals surface area contributed by atoms with Crippen molar-refractivity contribution in [2.75, 3.05) is 13.2 Å². The monoisotopic (exact) mass is 348 g/mol. The number of carbonyl (C=O) groups excluding carboxylic acids is 1. The molecule has 0 saturated heterocycles. The molecule has 24 heavy (non-hydrogen) atoms. The second-order valence-electron chi connectivity index (χ2n) is 4.69. The molecule has 2 N–H and O–H groups in total. The van der Waals surface area contributed by atoms with E-state index in [0.29, 0.717) is 28.7 Å². The maximum absolute atomic E-state index is 11.7. The third kappa shape index (κ3) is 5.48. The molecule has 0 radical (unpaired) electrons. The van der Waals surface area contributed by atoms with Crippen molar-refractivity contribution in [1.29, 1.82) is 0 Å². The van der Waals surface area contributed by atoms with Crippen molar-refractivity contribution in [3.63, 3.8) is 0 Å². The summed E-state index contributed by atoms with van der Waals surface area (Å²) < 4.78 is 10.5. The molecule has 0 spiro atoms. The second kappa shape index (κ2) is 8.79. The number of hydrazone groups is 1. The highest BCUT2D eigenvalue weighted by atomic mass is 35.5. The van der Waals surface area contributed by atoms with Crippen molar-refractivity contribution in [3.05, 3.63) is 53.1 Å². The Balaban J connectivity index is 1.83. The fourth-order valence-corrected chi connectivity index (χ4v) is 1.98. The van der Waals surface area contributed by atoms with Gasteiger partial charge in [0.05, 0.1) is 12.8 Å². The zero-order chi connectivity index (χ0) is 17.4. The minimum Gasteiger partial charge on any atom is -0.507 e. The molecule has 0 saturated carbocycles. The summed E-state index contributed by atoms with van der Waals surface area (Å²) >= 11 is 5.82. The number of hydrogen-bond donors (Lipinski definition) is 2. The number of aromatic hydroxyl groups is 1. The molecule has 0 aliphatic heterocycles. The van der Waals surface area contributed by atoms with Gasteiger partial charge in [0.1, 0.15) is 17.2 Å². The molecular formula is C17H17ClN2O4. The molecule has 2 aromatic rings. The molecule has 0 bridgehead atoms. The van der Waals surface area contributed by atoms with Crippen molar-refractivity contribution in [1.82, 2.24) is 5.43 Å². The topological polar surface area (TPSA) is 80.2 Å². The Morgan fingerprint density at radius 2 is 2.04 bits per heavy atom. The molecule has 126 valence electrons. The quantitative estimate of drug-likeness (QED) is 0.595. The van der Waals surface area contributed by atoms with E-state index in [1.54, 1.807) is 36.4 Å². The van der Waals surface area contributed by atoms with Gasteiger partial charge in [-0.25, -0.2) is 5.43 Å². The van der Waals surface area contributed by atoms with Crippen molar-refractivity contribution < 1.29 is 19.4 Å². The van der Waals surface area contributed by atoms with Crippen LogP contribution in [0.25, 0.3) is 0 Å². The Labute approximate surface area is 144 Å². The molecule has 0 aliphatic rings. The van der Waals surface area contributed by atoms with Gasteiger partial charge in [-0.15, -0.1) is 0 Å². The molecule has 0 fully saturated rings. The Kier molecular flexibility index (Phi) is 6.45. The van der Waals surface area contributed by atoms with E-state index in [2.05, 4.69) is 10.5 Å². The largest absolute Gasteiger partial charge is 0.507 e. The predicted octanol–water partition coefficient (Wildman–Crippen LogP) is 2.97. The number of phenolic OH excluding ortho intramolecular Hbond substituents is 1. The van der Waals surface area contributed by atoms with Gasteiger partial charge in [-0.1, -0.05) is 17.7 Å². The summed E-state index contributed by atoms with van der Waals surface area (Å²) in [6, 6.07) is 11.6. The van der Waals surface area contributed by atoms with Crippen LogP contribution in [-0.2, 0) is 4.79 Å². The number of halogens is 1. The summed E-state index contributed by atoms with van der Waals surface area (Å²) in [4.78, 5) is 11.7. The van der Waals surface area contributed by atoms with E-state index in [-0.39, 0.29) is 12.4 Å². The van der Waals surface area contributed by atoms with Crippen LogP contribution in [0.5, 0.6) is 17.2 Å². The smallest absolute Gasteiger partial charge is 0.277 e. The molecule has 2 aromatic carbocycles. The molecule has 6 nitrogen and oxygen atoms in total. The van der Waals surface area contributed by atoms with Gasteiger partial charge in [-0.2, -0.15) is 5.10 Å². The summed E-state index contributed by atoms with van der Waals surface area (Å²) in [5, 5.41) is 14.1. The van der Waals surface area contributed by atoms with Crippen LogP contribution in [0, 0.1) is 0 Å². The zero-order valence-electron chi connectivity index (χ0n) is 13.0. The Bertz CT molecular complexity index is 734. The molecule has 0 aliphatic carbocycles. The Morgan fingerprint density at radius 1 is 1.25 bits per heavy atom. The van der Waals surface area contributed by atoms with E-state index in [4.69, 9.17) is 21.1 Å². The van der Waals surface area contributed by atoms with E-state index in [9.17, 15) is 9.90 Å². The number of amides is 1. The number of nitrogens with zero attached hydrogens (tertiary/aromatic N) is 1. The van der Waals surface area contributed by atoms with Gasteiger partial charge in [0, 0.05) is 16.7 Å². The standard InChI is InChI=1S/C17H17ClN2O4/c1-2-23-15-7-6-12(16(21)9-15)10-19-20-17(22)11-24-14-5-3-4-13(18)8-14/h3-10,21H,2,11H2,1H3,(H,20,22). The van der Waals surface area contributed by atoms with Gasteiger partial charge in [0.25, 0.3) is 5.91 Å². The van der Waals surface area contributed by atoms with E-state index in [1.807, 2.05) is 6.92 Å². The molecule has 0 heterocycles. The van der Waals surface area contributed by atoms with E-state index in [1.165, 1.54) is 12.3 Å². The number of carbonyl (C=O) groups is 1. The summed E-state index contributed by atoms with van der Waals surface area (Å²) in [7, 11) is 0. The van der Waals surface area contributed by atoms with E-state index >= 15 is 0 Å². The lowest BCUT2D eigenvalue weighted by atomic mass is 10.2. The van der Waals surface area contributed by atoms with Crippen LogP contribution in [0.3, 0.4) is 0 Å². The molecule has 0 unspecified atom stereocenters. The average molecular weight is 349 g/mol. The number of hydrogen-bond acceptors (Lipinski definition) is 5. The average Bonchev–Trinajstić information content (AvgIpc) is 2.55. The van der Waals surface area contributed by atoms with Crippen molar-refractivity contribution in [2.24, 2.45) is 5.10 Å². The van der Waals surface area contributed by atoms with Crippen molar-refractivity contribution >= 4 is 23.7 Å². The van der Waals surface area contributed by atoms with Gasteiger partial charge in [0.15, 0.2) is 6.61 Å². The molecule has 0 aromatic heterocycles. The fraction of sp³-hybridized carbons (Fsp3) is 0.176. The van der Waals surface area contributed by atoms with Gasteiger partial charge in [-0.3, -0.25) is 4.79 Å². The SMILES string of the molecule is CCOc1ccc(C=NNC(=O)COc2cccc(Cl)c2)c(O)c1. The van der Waals surface area contributed by atoms with Crippen LogP contribution in [0.1, 0.15) is 12.5 Å². The lowest BCUT2D eigenvalue weighted by molar-refractivity contribution is -0.123. The first-order valence-corrected chi connectivity index (χ1v) is 7.62. The third-order valence-electron chi connectivity index (χ3n) is 2.87. The van der Waals surface area contributed by atoms with Gasteiger partial charge < -0.3 is 14.6 Å². The van der Waals surface area contributed by atoms with Gasteiger partial charge in [-0.05, 0) is 37.3 Å². The third-order valence-corrected chi connectivity index (χ3v) is 3.11. The summed E-state index contributed by atoms with van der Waals surface area (Å²) in [6.45, 7) is 2.16. The van der Waals surface area contributed by atoms with Gasteiger partial charge >= 0.3 is 0 Å². The lowest BCUT2D eigenvalue weighted by Gasteiger charge is -2.06. The molecule has 7 heteroatoms. The van der Waals surface area contributed by atoms with Crippen molar-refractivity contribution in [2.45, 2.75) is 6.92 Å². The normalized spacial score (nSPS) is 10.6. The fourth-order valence-electron chi connectivity index (χ4n) is 1.80. The summed E-state index contributed by atoms with van der Waals surface area (Å²) in [6.07, 6.45) is 1.34. The molecule has 2 rings (SSSR count). The van der Waals surface area contributed by atoms with E-state index < -0.39 is 5.91 Å². The summed E-state index contributed by atoms with van der Waals surface area (Å²) in [5.74, 6) is 0.627. The van der Waals surface area contributed by atoms with Crippen LogP contribution < -0.4 is 14.9 Å². The lowest BCUT2D eigenvalue weighted by Crippen LogP contribution is -2.24. The first kappa shape index (κ1) is 17.6. The van der Waals surface area contributed by atoms with Crippen LogP contribution in [-0.4, -0.2) is 30.4 Å². The first-order valence-electron chi connectivity index (χ1n) is 7.24. The van der Waals surface area contributed by atoms with Gasteiger partial charge in [0.2, 0.25) is 0 Å². The highest BCUT2D eigenvalue weighted by Gasteiger charge is 2.03. The molecular weight excluding hydrogens is 332 g/mol. The van der Waals surface area contributed by atoms with Crippen molar-refractivity contribution in [3.8, 4) is 17.2 Å². The Hall–Kier alpha value is -2.73. The molecule has 1 amide bonds. The maximum Gasteiger partial charge on any atom is 0.277 e. The number of benzene rings is 2. The summed E-state index contributed by atoms with van der Waals surface area (Å²) in [5.41, 5.74) is 2.77. The maximum atomic E-state index is 11.7. The Morgan fingerprint density at radius 3 is 2.75 bits per heavy atom. The van der Waals surface area contributed by atoms with Crippen LogP contribution in [0.4, 0.5) is 0 Å². The number of nitrogens with one attached hydrogen (secondary N) is 1. The number of phenols is 1. The first-order chi connectivity index (χ1) is 11.6. The zero-order valence-corrected chi connectivity index (χ0v) is 13.8. The number of rotatable bonds is 7. The highest BCUT2D eigenvalue weighted by Crippen LogP contribution is 2.22. The second-order valence-corrected chi connectivity index (χ2v) is 5.13. The highest BCUT2D eigenvalue weighted by molar-refractivity contribution is 6.30. The minimum absolute atomic E-state index is 0.00845. The van der Waals surface area contributed by atoms with Crippen LogP contribution >= 0.6 is 11.6 Å². The molecule has 0 atom stereocenters. The van der Waals surface area contributed by atoms with Crippen LogP contribution in [0.2, 0.25) is 5.02 Å². The van der Waals surface area contributed by atoms with E-state index in [0.717, 1.165) is 0 Å². The van der Waals surface area contributed by atoms with Crippen LogP contribution in [0.15, 0.2) is 47.6 Å². The predicted molar refractivity (Wildman–Crippen MR) is 92.0 cm³/mol. The number of ether oxygens (including phenoxy) is 2. The minimum atomic E-state index is -0.434.